The summed E-state index contributed by atoms with van der Waals surface area (Å²) in [6, 6.07) is 14.5. The zero-order valence-electron chi connectivity index (χ0n) is 28.0. The van der Waals surface area contributed by atoms with Crippen LogP contribution in [0.4, 0.5) is 0 Å². The zero-order chi connectivity index (χ0) is 33.6. The number of carbonyl (C=O) groups excluding carboxylic acids is 3. The number of carbonyl (C=O) groups is 3. The summed E-state index contributed by atoms with van der Waals surface area (Å²) in [6.07, 6.45) is 1.60. The fraction of sp³-hybridized carbons (Fsp3) is 0.500. The summed E-state index contributed by atoms with van der Waals surface area (Å²) in [5, 5.41) is 6.15. The summed E-state index contributed by atoms with van der Waals surface area (Å²) in [7, 11) is -0.742. The fourth-order valence-corrected chi connectivity index (χ4v) is 6.31. The first-order chi connectivity index (χ1) is 20.2. The molecule has 3 amide bonds. The number of allylic oxidation sites excluding steroid dienone is 1. The lowest BCUT2D eigenvalue weighted by atomic mass is 9.76. The first kappa shape index (κ1) is 36.7. The lowest BCUT2D eigenvalue weighted by Crippen LogP contribution is -2.60. The van der Waals surface area contributed by atoms with E-state index in [0.717, 1.165) is 11.1 Å². The van der Waals surface area contributed by atoms with E-state index in [1.807, 2.05) is 78.8 Å². The minimum Gasteiger partial charge on any atom is -0.342 e. The Bertz CT molecular complexity index is 1460. The number of likely N-dealkylation sites (N-methyl/N-ethyl adjacent to an activating group) is 2. The van der Waals surface area contributed by atoms with Crippen LogP contribution in [0.5, 0.6) is 0 Å². The van der Waals surface area contributed by atoms with Crippen LogP contribution in [-0.2, 0) is 29.8 Å². The average Bonchev–Trinajstić information content (AvgIpc) is 2.93. The van der Waals surface area contributed by atoms with Gasteiger partial charge in [0.25, 0.3) is 10.0 Å². The third-order valence-electron chi connectivity index (χ3n) is 7.87. The molecule has 0 radical (unpaired) electrons. The first-order valence-corrected chi connectivity index (χ1v) is 16.4. The summed E-state index contributed by atoms with van der Waals surface area (Å²) in [5.74, 6) is -2.44. The van der Waals surface area contributed by atoms with Gasteiger partial charge in [-0.1, -0.05) is 97.0 Å². The van der Waals surface area contributed by atoms with Gasteiger partial charge in [0.15, 0.2) is 0 Å². The Morgan fingerprint density at radius 3 is 1.95 bits per heavy atom. The quantitative estimate of drug-likeness (QED) is 0.318. The minimum atomic E-state index is -4.07. The average molecular weight is 627 g/mol. The monoisotopic (exact) mass is 626 g/mol. The molecule has 3 unspecified atom stereocenters. The largest absolute Gasteiger partial charge is 0.342 e. The Kier molecular flexibility index (Phi) is 12.1. The number of nitrogens with zero attached hydrogens (tertiary/aromatic N) is 1. The van der Waals surface area contributed by atoms with Gasteiger partial charge in [0.05, 0.1) is 16.9 Å². The van der Waals surface area contributed by atoms with Crippen LogP contribution in [0.3, 0.4) is 0 Å². The fourth-order valence-electron chi connectivity index (χ4n) is 5.14. The van der Waals surface area contributed by atoms with Gasteiger partial charge in [0.1, 0.15) is 6.04 Å². The molecule has 2 rings (SSSR count). The number of aryl methyl sites for hydroxylation is 1. The van der Waals surface area contributed by atoms with Crippen molar-refractivity contribution in [1.29, 1.82) is 0 Å². The highest BCUT2D eigenvalue weighted by Gasteiger charge is 2.41. The molecule has 0 aromatic heterocycles. The van der Waals surface area contributed by atoms with Gasteiger partial charge in [-0.2, -0.15) is 0 Å². The van der Waals surface area contributed by atoms with Crippen LogP contribution in [-0.4, -0.2) is 57.2 Å². The van der Waals surface area contributed by atoms with Gasteiger partial charge >= 0.3 is 0 Å². The van der Waals surface area contributed by atoms with E-state index < -0.39 is 44.8 Å². The van der Waals surface area contributed by atoms with Crippen molar-refractivity contribution in [1.82, 2.24) is 20.3 Å². The van der Waals surface area contributed by atoms with Crippen molar-refractivity contribution in [3.05, 3.63) is 77.5 Å². The van der Waals surface area contributed by atoms with Crippen molar-refractivity contribution in [3.63, 3.8) is 0 Å². The number of sulfonamides is 1. The van der Waals surface area contributed by atoms with Crippen molar-refractivity contribution >= 4 is 27.7 Å². The van der Waals surface area contributed by atoms with Crippen LogP contribution >= 0.6 is 0 Å². The van der Waals surface area contributed by atoms with Crippen molar-refractivity contribution in [3.8, 4) is 0 Å². The second-order valence-electron chi connectivity index (χ2n) is 13.3. The lowest BCUT2D eigenvalue weighted by molar-refractivity contribution is -0.138. The molecule has 44 heavy (non-hydrogen) atoms. The molecule has 10 heteroatoms. The number of rotatable bonds is 12. The van der Waals surface area contributed by atoms with Gasteiger partial charge in [0.2, 0.25) is 17.7 Å². The van der Waals surface area contributed by atoms with Crippen LogP contribution in [0.1, 0.15) is 66.5 Å². The Morgan fingerprint density at radius 2 is 1.45 bits per heavy atom. The summed E-state index contributed by atoms with van der Waals surface area (Å²) in [5.41, 5.74) is 1.03. The zero-order valence-corrected chi connectivity index (χ0v) is 28.8. The summed E-state index contributed by atoms with van der Waals surface area (Å²) < 4.78 is 27.8. The molecule has 0 aliphatic carbocycles. The van der Waals surface area contributed by atoms with Crippen LogP contribution in [0.25, 0.3) is 0 Å². The van der Waals surface area contributed by atoms with Crippen LogP contribution in [0.15, 0.2) is 71.3 Å². The van der Waals surface area contributed by atoms with Crippen molar-refractivity contribution < 1.29 is 22.8 Å². The summed E-state index contributed by atoms with van der Waals surface area (Å²) in [4.78, 5) is 42.3. The van der Waals surface area contributed by atoms with E-state index in [9.17, 15) is 22.8 Å². The van der Waals surface area contributed by atoms with Crippen molar-refractivity contribution in [2.24, 2.45) is 17.3 Å². The first-order valence-electron chi connectivity index (χ1n) is 14.9. The molecule has 3 N–H and O–H groups in total. The molecule has 0 fully saturated rings. The van der Waals surface area contributed by atoms with Crippen molar-refractivity contribution in [2.75, 3.05) is 14.1 Å². The smallest absolute Gasteiger partial charge is 0.264 e. The van der Waals surface area contributed by atoms with E-state index in [0.29, 0.717) is 5.70 Å². The Balaban J connectivity index is 2.34. The molecule has 0 heterocycles. The highest BCUT2D eigenvalue weighted by molar-refractivity contribution is 7.90. The summed E-state index contributed by atoms with van der Waals surface area (Å²) >= 11 is 0. The summed E-state index contributed by atoms with van der Waals surface area (Å²) in [6.45, 7) is 16.7. The van der Waals surface area contributed by atoms with Gasteiger partial charge < -0.3 is 15.5 Å². The second kappa shape index (κ2) is 14.5. The van der Waals surface area contributed by atoms with E-state index in [1.54, 1.807) is 46.2 Å². The molecule has 9 nitrogen and oxygen atoms in total. The van der Waals surface area contributed by atoms with Gasteiger partial charge in [-0.3, -0.25) is 14.4 Å². The van der Waals surface area contributed by atoms with Gasteiger partial charge in [0, 0.05) is 18.2 Å². The molecule has 2 aromatic rings. The number of hydrogen-bond acceptors (Lipinski definition) is 6. The molecule has 0 spiro atoms. The molecule has 2 aromatic carbocycles. The van der Waals surface area contributed by atoms with E-state index in [4.69, 9.17) is 0 Å². The standard InChI is InChI=1S/C34H50N4O5S/c1-22(2)27(21-24(4)30(39)37-44(42,43)26-19-15-16-23(3)20-26)38(11)32(41)29(33(5,6)7)36-31(40)28(35-10)34(8,9)25-17-13-12-14-18-25/h12-22,24,28-29,35H,1-11H3,(H,36,40)(H,37,39)/b27-21+. The minimum absolute atomic E-state index is 0.00233. The predicted molar refractivity (Wildman–Crippen MR) is 175 cm³/mol. The normalized spacial score (nSPS) is 14.9. The van der Waals surface area contributed by atoms with E-state index in [2.05, 4.69) is 15.4 Å². The maximum atomic E-state index is 14.1. The van der Waals surface area contributed by atoms with E-state index in [-0.39, 0.29) is 22.6 Å². The SMILES string of the molecule is CNC(C(=O)NC(C(=O)N(C)/C(=C/C(C)C(=O)NS(=O)(=O)c1cccc(C)c1)C(C)C)C(C)(C)C)C(C)(C)c1ccccc1. The number of nitrogens with one attached hydrogen (secondary N) is 3. The molecule has 3 atom stereocenters. The van der Waals surface area contributed by atoms with Crippen LogP contribution in [0, 0.1) is 24.2 Å². The van der Waals surface area contributed by atoms with Crippen molar-refractivity contribution in [2.45, 2.75) is 84.7 Å². The molecular weight excluding hydrogens is 576 g/mol. The molecule has 0 bridgehead atoms. The van der Waals surface area contributed by atoms with Gasteiger partial charge in [-0.15, -0.1) is 0 Å². The third-order valence-corrected chi connectivity index (χ3v) is 9.21. The van der Waals surface area contributed by atoms with E-state index in [1.165, 1.54) is 17.0 Å². The van der Waals surface area contributed by atoms with Crippen LogP contribution < -0.4 is 15.4 Å². The highest BCUT2D eigenvalue weighted by atomic mass is 32.2. The van der Waals surface area contributed by atoms with Gasteiger partial charge in [-0.25, -0.2) is 13.1 Å². The Labute approximate surface area is 263 Å². The third kappa shape index (κ3) is 9.01. The van der Waals surface area contributed by atoms with Crippen LogP contribution in [0.2, 0.25) is 0 Å². The second-order valence-corrected chi connectivity index (χ2v) is 15.0. The van der Waals surface area contributed by atoms with E-state index >= 15 is 0 Å². The molecule has 242 valence electrons. The Morgan fingerprint density at radius 1 is 0.864 bits per heavy atom. The predicted octanol–water partition coefficient (Wildman–Crippen LogP) is 4.53. The number of hydrogen-bond donors (Lipinski definition) is 3. The number of amides is 3. The topological polar surface area (TPSA) is 125 Å². The molecule has 0 saturated heterocycles. The maximum Gasteiger partial charge on any atom is 0.264 e. The molecule has 0 saturated carbocycles. The molecule has 0 aliphatic heterocycles. The number of benzene rings is 2. The molecule has 0 aliphatic rings. The molecular formula is C34H50N4O5S. The maximum absolute atomic E-state index is 14.1. The van der Waals surface area contributed by atoms with Gasteiger partial charge in [-0.05, 0) is 55.5 Å². The Hall–Kier alpha value is -3.50. The highest BCUT2D eigenvalue weighted by Crippen LogP contribution is 2.29. The lowest BCUT2D eigenvalue weighted by Gasteiger charge is -2.39.